The van der Waals surface area contributed by atoms with Gasteiger partial charge >= 0.3 is 6.09 Å². The highest BCUT2D eigenvalue weighted by molar-refractivity contribution is 5.69. The molecule has 2 aliphatic rings. The van der Waals surface area contributed by atoms with E-state index >= 15 is 0 Å². The van der Waals surface area contributed by atoms with E-state index in [0.717, 1.165) is 31.5 Å². The fraction of sp³-hybridized carbons (Fsp3) is 0.812. The molecule has 0 spiro atoms. The summed E-state index contributed by atoms with van der Waals surface area (Å²) in [7, 11) is 1.87. The third-order valence-electron chi connectivity index (χ3n) is 4.53. The van der Waals surface area contributed by atoms with E-state index in [4.69, 9.17) is 4.74 Å². The van der Waals surface area contributed by atoms with Crippen LogP contribution in [0.15, 0.2) is 6.33 Å². The molecule has 2 unspecified atom stereocenters. The number of aryl methyl sites for hydroxylation is 1. The number of nitrogens with one attached hydrogen (secondary N) is 1. The second-order valence-electron chi connectivity index (χ2n) is 7.66. The van der Waals surface area contributed by atoms with Crippen LogP contribution in [0, 0.1) is 0 Å². The van der Waals surface area contributed by atoms with E-state index in [1.807, 2.05) is 32.7 Å². The van der Waals surface area contributed by atoms with Crippen molar-refractivity contribution in [2.45, 2.75) is 76.7 Å². The first-order valence-electron chi connectivity index (χ1n) is 8.41. The Morgan fingerprint density at radius 1 is 1.35 bits per heavy atom. The Bertz CT molecular complexity index is 551. The molecule has 1 amide bonds. The van der Waals surface area contributed by atoms with E-state index in [1.54, 1.807) is 11.0 Å². The molecule has 2 atom stereocenters. The number of amides is 1. The van der Waals surface area contributed by atoms with Crippen LogP contribution >= 0.6 is 0 Å². The fourth-order valence-corrected chi connectivity index (χ4v) is 3.66. The molecule has 1 aromatic heterocycles. The predicted molar refractivity (Wildman–Crippen MR) is 85.7 cm³/mol. The Kier molecular flexibility index (Phi) is 4.31. The second kappa shape index (κ2) is 6.11. The number of hydrogen-bond acceptors (Lipinski definition) is 5. The van der Waals surface area contributed by atoms with Crippen LogP contribution in [0.2, 0.25) is 0 Å². The molecular formula is C16H27N5O2. The van der Waals surface area contributed by atoms with Gasteiger partial charge in [0.1, 0.15) is 11.9 Å². The molecule has 0 aromatic carbocycles. The lowest BCUT2D eigenvalue weighted by molar-refractivity contribution is 0.00463. The highest BCUT2D eigenvalue weighted by Gasteiger charge is 2.44. The van der Waals surface area contributed by atoms with Crippen LogP contribution in [0.3, 0.4) is 0 Å². The smallest absolute Gasteiger partial charge is 0.410 e. The topological polar surface area (TPSA) is 72.3 Å². The maximum Gasteiger partial charge on any atom is 0.410 e. The summed E-state index contributed by atoms with van der Waals surface area (Å²) in [6.45, 7) is 6.43. The lowest BCUT2D eigenvalue weighted by Gasteiger charge is -2.39. The molecule has 0 saturated carbocycles. The van der Waals surface area contributed by atoms with Crippen LogP contribution in [-0.4, -0.2) is 49.5 Å². The first-order chi connectivity index (χ1) is 10.8. The predicted octanol–water partition coefficient (Wildman–Crippen LogP) is 1.84. The first-order valence-corrected chi connectivity index (χ1v) is 8.41. The number of nitrogens with zero attached hydrogens (tertiary/aromatic N) is 4. The van der Waals surface area contributed by atoms with Gasteiger partial charge in [0, 0.05) is 25.2 Å². The molecule has 0 aliphatic carbocycles. The van der Waals surface area contributed by atoms with E-state index in [-0.39, 0.29) is 18.2 Å². The minimum Gasteiger partial charge on any atom is -0.444 e. The summed E-state index contributed by atoms with van der Waals surface area (Å²) in [4.78, 5) is 18.6. The van der Waals surface area contributed by atoms with Crippen molar-refractivity contribution in [1.82, 2.24) is 25.0 Å². The zero-order valence-corrected chi connectivity index (χ0v) is 14.5. The average Bonchev–Trinajstić information content (AvgIpc) is 2.96. The van der Waals surface area contributed by atoms with E-state index in [2.05, 4.69) is 15.4 Å². The summed E-state index contributed by atoms with van der Waals surface area (Å²) in [5, 5.41) is 7.83. The number of ether oxygens (including phenoxy) is 1. The minimum absolute atomic E-state index is 0.158. The van der Waals surface area contributed by atoms with Crippen molar-refractivity contribution in [1.29, 1.82) is 0 Å². The SMILES string of the molecule is Cn1cnc(CNC2CC3CCC(C2)N3C(=O)OC(C)(C)C)n1. The highest BCUT2D eigenvalue weighted by Crippen LogP contribution is 2.36. The maximum absolute atomic E-state index is 12.4. The van der Waals surface area contributed by atoms with Gasteiger partial charge in [-0.2, -0.15) is 5.10 Å². The van der Waals surface area contributed by atoms with Gasteiger partial charge in [-0.1, -0.05) is 0 Å². The molecule has 2 bridgehead atoms. The summed E-state index contributed by atoms with van der Waals surface area (Å²) >= 11 is 0. The van der Waals surface area contributed by atoms with E-state index in [9.17, 15) is 4.79 Å². The minimum atomic E-state index is -0.434. The van der Waals surface area contributed by atoms with E-state index < -0.39 is 5.60 Å². The van der Waals surface area contributed by atoms with Crippen molar-refractivity contribution in [3.8, 4) is 0 Å². The second-order valence-corrected chi connectivity index (χ2v) is 7.66. The van der Waals surface area contributed by atoms with Crippen LogP contribution in [0.4, 0.5) is 4.79 Å². The molecule has 1 aromatic rings. The van der Waals surface area contributed by atoms with Gasteiger partial charge in [-0.05, 0) is 46.5 Å². The summed E-state index contributed by atoms with van der Waals surface area (Å²) in [5.74, 6) is 0.814. The Balaban J connectivity index is 1.55. The Labute approximate surface area is 137 Å². The summed E-state index contributed by atoms with van der Waals surface area (Å²) < 4.78 is 7.28. The van der Waals surface area contributed by atoms with Crippen LogP contribution in [0.1, 0.15) is 52.3 Å². The zero-order valence-electron chi connectivity index (χ0n) is 14.5. The van der Waals surface area contributed by atoms with Gasteiger partial charge in [-0.3, -0.25) is 4.68 Å². The van der Waals surface area contributed by atoms with Crippen LogP contribution in [0.5, 0.6) is 0 Å². The third kappa shape index (κ3) is 3.83. The van der Waals surface area contributed by atoms with Crippen molar-refractivity contribution in [3.05, 3.63) is 12.2 Å². The quantitative estimate of drug-likeness (QED) is 0.919. The molecule has 128 valence electrons. The van der Waals surface area contributed by atoms with Crippen LogP contribution in [-0.2, 0) is 18.3 Å². The molecule has 3 heterocycles. The van der Waals surface area contributed by atoms with E-state index in [1.165, 1.54) is 0 Å². The Morgan fingerprint density at radius 2 is 2.00 bits per heavy atom. The monoisotopic (exact) mass is 321 g/mol. The van der Waals surface area contributed by atoms with Gasteiger partial charge in [-0.25, -0.2) is 9.78 Å². The Hall–Kier alpha value is -1.63. The largest absolute Gasteiger partial charge is 0.444 e. The number of rotatable bonds is 3. The summed E-state index contributed by atoms with van der Waals surface area (Å²) in [5.41, 5.74) is -0.434. The summed E-state index contributed by atoms with van der Waals surface area (Å²) in [6, 6.07) is 0.991. The van der Waals surface area contributed by atoms with Gasteiger partial charge in [-0.15, -0.1) is 0 Å². The molecule has 7 heteroatoms. The van der Waals surface area contributed by atoms with Crippen LogP contribution in [0.25, 0.3) is 0 Å². The van der Waals surface area contributed by atoms with Crippen molar-refractivity contribution in [3.63, 3.8) is 0 Å². The Morgan fingerprint density at radius 3 is 2.52 bits per heavy atom. The van der Waals surface area contributed by atoms with Crippen LogP contribution < -0.4 is 5.32 Å². The third-order valence-corrected chi connectivity index (χ3v) is 4.53. The molecule has 2 aliphatic heterocycles. The maximum atomic E-state index is 12.4. The van der Waals surface area contributed by atoms with Crippen molar-refractivity contribution >= 4 is 6.09 Å². The molecule has 2 fully saturated rings. The lowest BCUT2D eigenvalue weighted by Crippen LogP contribution is -2.52. The average molecular weight is 321 g/mol. The van der Waals surface area contributed by atoms with Gasteiger partial charge in [0.15, 0.2) is 5.82 Å². The molecule has 2 saturated heterocycles. The van der Waals surface area contributed by atoms with Gasteiger partial charge in [0.05, 0.1) is 6.54 Å². The zero-order chi connectivity index (χ0) is 16.6. The number of carbonyl (C=O) groups excluding carboxylic acids is 1. The first kappa shape index (κ1) is 16.2. The highest BCUT2D eigenvalue weighted by atomic mass is 16.6. The standard InChI is InChI=1S/C16H27N5O2/c1-16(2,3)23-15(22)21-12-5-6-13(21)8-11(7-12)17-9-14-18-10-20(4)19-14/h10-13,17H,5-9H2,1-4H3. The molecule has 1 N–H and O–H groups in total. The fourth-order valence-electron chi connectivity index (χ4n) is 3.66. The number of carbonyl (C=O) groups is 1. The van der Waals surface area contributed by atoms with E-state index in [0.29, 0.717) is 12.6 Å². The van der Waals surface area contributed by atoms with Gasteiger partial charge < -0.3 is 15.0 Å². The number of hydrogen-bond donors (Lipinski definition) is 1. The normalized spacial score (nSPS) is 27.3. The number of fused-ring (bicyclic) bond motifs is 2. The van der Waals surface area contributed by atoms with Crippen molar-refractivity contribution in [2.75, 3.05) is 0 Å². The molecule has 3 rings (SSSR count). The number of aromatic nitrogens is 3. The lowest BCUT2D eigenvalue weighted by atomic mass is 9.98. The summed E-state index contributed by atoms with van der Waals surface area (Å²) in [6.07, 6.45) is 5.65. The molecule has 7 nitrogen and oxygen atoms in total. The van der Waals surface area contributed by atoms with Gasteiger partial charge in [0.2, 0.25) is 0 Å². The number of piperidine rings is 1. The molecule has 0 radical (unpaired) electrons. The molecule has 23 heavy (non-hydrogen) atoms. The van der Waals surface area contributed by atoms with Crippen molar-refractivity contribution in [2.24, 2.45) is 7.05 Å². The van der Waals surface area contributed by atoms with Crippen molar-refractivity contribution < 1.29 is 9.53 Å². The van der Waals surface area contributed by atoms with Gasteiger partial charge in [0.25, 0.3) is 0 Å². The molecular weight excluding hydrogens is 294 g/mol.